The second-order valence-electron chi connectivity index (χ2n) is 12.9. The van der Waals surface area contributed by atoms with Crippen molar-refractivity contribution >= 4 is 23.3 Å². The Bertz CT molecular complexity index is 1580. The summed E-state index contributed by atoms with van der Waals surface area (Å²) < 4.78 is 52.2. The second-order valence-corrected chi connectivity index (χ2v) is 13.3. The Hall–Kier alpha value is -3.36. The fraction of sp³-hybridized carbons (Fsp3) is 0.562. The van der Waals surface area contributed by atoms with Crippen molar-refractivity contribution in [3.8, 4) is 12.1 Å². The summed E-state index contributed by atoms with van der Waals surface area (Å²) in [6.07, 6.45) is 1.76. The predicted octanol–water partition coefficient (Wildman–Crippen LogP) is 4.95. The molecule has 12 heteroatoms. The second kappa shape index (κ2) is 10.6. The molecule has 6 aliphatic rings. The molecule has 2 bridgehead atoms. The lowest BCUT2D eigenvalue weighted by Gasteiger charge is -2.43. The number of carbonyl (C=O) groups is 1. The topological polar surface area (TPSA) is 85.6 Å². The number of halogens is 4. The largest absolute Gasteiger partial charge is 0.462 e. The number of nitriles is 1. The van der Waals surface area contributed by atoms with E-state index < -0.39 is 41.1 Å². The summed E-state index contributed by atoms with van der Waals surface area (Å²) in [4.78, 5) is 27.1. The summed E-state index contributed by atoms with van der Waals surface area (Å²) in [6.45, 7) is 3.77. The van der Waals surface area contributed by atoms with Crippen molar-refractivity contribution < 1.29 is 22.7 Å². The number of aromatic nitrogens is 2. The molecule has 3 aliphatic heterocycles. The van der Waals surface area contributed by atoms with E-state index in [4.69, 9.17) is 21.3 Å². The van der Waals surface area contributed by atoms with Crippen molar-refractivity contribution in [2.75, 3.05) is 38.2 Å². The molecule has 0 N–H and O–H groups in total. The van der Waals surface area contributed by atoms with Crippen LogP contribution < -0.4 is 9.64 Å². The zero-order chi connectivity index (χ0) is 31.0. The molecule has 4 fully saturated rings. The molecule has 3 aliphatic carbocycles. The standard InChI is InChI=1S/C32H34ClF3N6O2/c1-18(34)29(43)42-13-12-41(16-19(42)8-11-37)28-22-7-10-31(9-6-21-23(31)4-3-5-24(21)33)27(35)26(22)38-30(39-28)44-17-25-32(36)14-20(15-32)40(25)2/h3-5,19-20,25,27H,1,6-10,12-17H2,2H3/t19-,20?,25?,27-,31+,32?/m0/s1. The Balaban J connectivity index is 1.25. The number of hydrogen-bond acceptors (Lipinski definition) is 7. The number of hydrogen-bond donors (Lipinski definition) is 0. The van der Waals surface area contributed by atoms with Gasteiger partial charge in [-0.1, -0.05) is 30.3 Å². The first kappa shape index (κ1) is 29.4. The molecule has 3 saturated heterocycles. The van der Waals surface area contributed by atoms with Crippen LogP contribution in [0.1, 0.15) is 60.7 Å². The van der Waals surface area contributed by atoms with Gasteiger partial charge in [-0.15, -0.1) is 0 Å². The zero-order valence-corrected chi connectivity index (χ0v) is 25.3. The molecule has 4 atom stereocenters. The first-order valence-corrected chi connectivity index (χ1v) is 15.6. The van der Waals surface area contributed by atoms with Gasteiger partial charge in [-0.3, -0.25) is 9.69 Å². The third kappa shape index (κ3) is 4.39. The quantitative estimate of drug-likeness (QED) is 0.420. The molecule has 1 aromatic heterocycles. The number of fused-ring (bicyclic) bond motifs is 4. The van der Waals surface area contributed by atoms with Crippen molar-refractivity contribution in [3.05, 3.63) is 58.0 Å². The highest BCUT2D eigenvalue weighted by Crippen LogP contribution is 2.57. The number of carbonyl (C=O) groups excluding carboxylic acids is 1. The number of benzene rings is 1. The molecule has 1 spiro atoms. The van der Waals surface area contributed by atoms with Gasteiger partial charge in [0.2, 0.25) is 0 Å². The molecule has 0 radical (unpaired) electrons. The number of ether oxygens (including phenoxy) is 1. The van der Waals surface area contributed by atoms with Gasteiger partial charge in [0.15, 0.2) is 12.0 Å². The third-order valence-corrected chi connectivity index (χ3v) is 11.2. The molecule has 4 heterocycles. The molecule has 1 unspecified atom stereocenters. The molecular formula is C32H34ClF3N6O2. The Morgan fingerprint density at radius 3 is 2.66 bits per heavy atom. The van der Waals surface area contributed by atoms with Crippen molar-refractivity contribution in [2.24, 2.45) is 0 Å². The fourth-order valence-electron chi connectivity index (χ4n) is 8.34. The van der Waals surface area contributed by atoms with E-state index in [-0.39, 0.29) is 50.4 Å². The van der Waals surface area contributed by atoms with Crippen LogP contribution in [0, 0.1) is 11.3 Å². The van der Waals surface area contributed by atoms with Crippen LogP contribution in [0.15, 0.2) is 30.6 Å². The molecule has 8 rings (SSSR count). The number of nitrogens with zero attached hydrogens (tertiary/aromatic N) is 6. The van der Waals surface area contributed by atoms with E-state index in [0.717, 1.165) is 11.1 Å². The van der Waals surface area contributed by atoms with Crippen LogP contribution in [-0.2, 0) is 23.1 Å². The first-order valence-electron chi connectivity index (χ1n) is 15.2. The number of alkyl halides is 2. The van der Waals surface area contributed by atoms with E-state index in [9.17, 15) is 14.4 Å². The summed E-state index contributed by atoms with van der Waals surface area (Å²) >= 11 is 6.52. The molecule has 2 aromatic rings. The van der Waals surface area contributed by atoms with Gasteiger partial charge in [0.05, 0.1) is 30.3 Å². The van der Waals surface area contributed by atoms with Gasteiger partial charge in [0.25, 0.3) is 5.91 Å². The minimum absolute atomic E-state index is 0.0215. The van der Waals surface area contributed by atoms with Crippen LogP contribution >= 0.6 is 11.6 Å². The third-order valence-electron chi connectivity index (χ3n) is 10.8. The van der Waals surface area contributed by atoms with Gasteiger partial charge in [-0.05, 0) is 62.8 Å². The molecule has 1 aromatic carbocycles. The lowest BCUT2D eigenvalue weighted by atomic mass is 9.68. The van der Waals surface area contributed by atoms with Crippen LogP contribution in [0.3, 0.4) is 0 Å². The normalized spacial score (nSPS) is 32.2. The van der Waals surface area contributed by atoms with E-state index in [1.165, 1.54) is 4.90 Å². The Morgan fingerprint density at radius 1 is 1.23 bits per heavy atom. The van der Waals surface area contributed by atoms with E-state index in [0.29, 0.717) is 54.9 Å². The van der Waals surface area contributed by atoms with E-state index >= 15 is 8.78 Å². The maximum Gasteiger partial charge on any atom is 0.318 e. The van der Waals surface area contributed by atoms with Crippen LogP contribution in [-0.4, -0.2) is 82.8 Å². The number of rotatable bonds is 6. The Kier molecular flexibility index (Phi) is 7.09. The molecular weight excluding hydrogens is 593 g/mol. The highest BCUT2D eigenvalue weighted by Gasteiger charge is 2.62. The first-order chi connectivity index (χ1) is 21.1. The van der Waals surface area contributed by atoms with Gasteiger partial charge < -0.3 is 14.5 Å². The number of piperazine rings is 1. The van der Waals surface area contributed by atoms with Crippen LogP contribution in [0.25, 0.3) is 0 Å². The Morgan fingerprint density at radius 2 is 1.98 bits per heavy atom. The average Bonchev–Trinajstić information content (AvgIpc) is 3.57. The zero-order valence-electron chi connectivity index (χ0n) is 24.5. The van der Waals surface area contributed by atoms with Gasteiger partial charge in [0, 0.05) is 41.7 Å². The molecule has 232 valence electrons. The van der Waals surface area contributed by atoms with E-state index in [1.807, 2.05) is 35.0 Å². The predicted molar refractivity (Wildman–Crippen MR) is 158 cm³/mol. The molecule has 44 heavy (non-hydrogen) atoms. The number of likely N-dealkylation sites (N-methyl/N-ethyl adjacent to an activating group) is 1. The van der Waals surface area contributed by atoms with Gasteiger partial charge in [-0.2, -0.15) is 15.2 Å². The van der Waals surface area contributed by atoms with Crippen LogP contribution in [0.2, 0.25) is 5.02 Å². The van der Waals surface area contributed by atoms with Crippen LogP contribution in [0.5, 0.6) is 6.01 Å². The van der Waals surface area contributed by atoms with Crippen LogP contribution in [0.4, 0.5) is 19.0 Å². The van der Waals surface area contributed by atoms with Gasteiger partial charge >= 0.3 is 6.01 Å². The summed E-state index contributed by atoms with van der Waals surface area (Å²) in [6, 6.07) is 6.82. The fourth-order valence-corrected chi connectivity index (χ4v) is 8.61. The van der Waals surface area contributed by atoms with Gasteiger partial charge in [0.1, 0.15) is 18.1 Å². The van der Waals surface area contributed by atoms with Crippen molar-refractivity contribution in [1.82, 2.24) is 19.8 Å². The van der Waals surface area contributed by atoms with Crippen molar-refractivity contribution in [1.29, 1.82) is 5.26 Å². The molecule has 1 saturated carbocycles. The lowest BCUT2D eigenvalue weighted by Crippen LogP contribution is -2.55. The smallest absolute Gasteiger partial charge is 0.318 e. The van der Waals surface area contributed by atoms with E-state index in [1.54, 1.807) is 0 Å². The monoisotopic (exact) mass is 626 g/mol. The van der Waals surface area contributed by atoms with Gasteiger partial charge in [-0.25, -0.2) is 13.2 Å². The number of anilines is 1. The summed E-state index contributed by atoms with van der Waals surface area (Å²) in [7, 11) is 1.89. The molecule has 8 nitrogen and oxygen atoms in total. The maximum absolute atomic E-state index is 17.0. The van der Waals surface area contributed by atoms with Crippen molar-refractivity contribution in [3.63, 3.8) is 0 Å². The van der Waals surface area contributed by atoms with E-state index in [2.05, 4.69) is 17.6 Å². The SMILES string of the molecule is C=C(F)C(=O)N1CCN(c2nc(OCC3N(C)C4CC3(F)C4)nc3c2CC[C@@]2(CCc4c(Cl)cccc42)[C@H]3F)C[C@@H]1CC#N. The summed E-state index contributed by atoms with van der Waals surface area (Å²) in [5.41, 5.74) is 0.669. The average molecular weight is 627 g/mol. The summed E-state index contributed by atoms with van der Waals surface area (Å²) in [5.74, 6) is -1.46. The molecule has 1 amide bonds. The minimum atomic E-state index is -1.46. The van der Waals surface area contributed by atoms with Crippen molar-refractivity contribution in [2.45, 2.75) is 80.3 Å². The lowest BCUT2D eigenvalue weighted by molar-refractivity contribution is -0.131. The number of amides is 1. The highest BCUT2D eigenvalue weighted by molar-refractivity contribution is 6.31. The Labute approximate surface area is 259 Å². The highest BCUT2D eigenvalue weighted by atomic mass is 35.5. The maximum atomic E-state index is 17.0. The summed E-state index contributed by atoms with van der Waals surface area (Å²) in [5, 5.41) is 10.1. The minimum Gasteiger partial charge on any atom is -0.462 e.